The van der Waals surface area contributed by atoms with E-state index in [0.717, 1.165) is 9.37 Å². The van der Waals surface area contributed by atoms with E-state index in [2.05, 4.69) is 15.9 Å². The van der Waals surface area contributed by atoms with Crippen molar-refractivity contribution in [2.45, 2.75) is 4.90 Å². The molecule has 0 saturated heterocycles. The van der Waals surface area contributed by atoms with E-state index in [4.69, 9.17) is 11.6 Å². The monoisotopic (exact) mass is 352 g/mol. The molecular weight excluding hydrogens is 344 g/mol. The maximum Gasteiger partial charge on any atom is 0.186 e. The molecule has 19 heavy (non-hydrogen) atoms. The first-order valence-electron chi connectivity index (χ1n) is 5.54. The van der Waals surface area contributed by atoms with E-state index < -0.39 is 0 Å². The van der Waals surface area contributed by atoms with Gasteiger partial charge in [-0.3, -0.25) is 4.79 Å². The van der Waals surface area contributed by atoms with Crippen molar-refractivity contribution in [2.75, 3.05) is 0 Å². The van der Waals surface area contributed by atoms with Crippen molar-refractivity contribution in [1.82, 2.24) is 0 Å². The number of thioether (sulfide) groups is 1. The fraction of sp³-hybridized carbons (Fsp3) is 0. The zero-order valence-corrected chi connectivity index (χ0v) is 13.0. The summed E-state index contributed by atoms with van der Waals surface area (Å²) in [6.45, 7) is 0. The molecule has 0 N–H and O–H groups in total. The van der Waals surface area contributed by atoms with Crippen molar-refractivity contribution in [3.8, 4) is 0 Å². The Morgan fingerprint density at radius 1 is 1.16 bits per heavy atom. The van der Waals surface area contributed by atoms with Crippen LogP contribution in [-0.2, 0) is 0 Å². The van der Waals surface area contributed by atoms with E-state index in [0.29, 0.717) is 10.6 Å². The van der Waals surface area contributed by atoms with Crippen LogP contribution in [0, 0.1) is 0 Å². The Morgan fingerprint density at radius 3 is 2.58 bits per heavy atom. The number of allylic oxidation sites excluding steroid dienone is 1. The van der Waals surface area contributed by atoms with Crippen molar-refractivity contribution in [2.24, 2.45) is 0 Å². The molecule has 0 aliphatic rings. The minimum Gasteiger partial charge on any atom is -0.289 e. The highest BCUT2D eigenvalue weighted by Crippen LogP contribution is 2.21. The van der Waals surface area contributed by atoms with Crippen LogP contribution in [0.15, 0.2) is 69.4 Å². The predicted octanol–water partition coefficient (Wildman–Crippen LogP) is 5.59. The van der Waals surface area contributed by atoms with Gasteiger partial charge in [-0.25, -0.2) is 0 Å². The number of ketones is 1. The minimum absolute atomic E-state index is 0.0113. The molecule has 2 aromatic carbocycles. The molecule has 4 heteroatoms. The van der Waals surface area contributed by atoms with Crippen molar-refractivity contribution in [3.05, 3.63) is 75.1 Å². The molecule has 2 aromatic rings. The average Bonchev–Trinajstić information content (AvgIpc) is 2.41. The lowest BCUT2D eigenvalue weighted by atomic mass is 10.1. The van der Waals surface area contributed by atoms with E-state index in [1.165, 1.54) is 11.8 Å². The number of hydrogen-bond acceptors (Lipinski definition) is 2. The first kappa shape index (κ1) is 14.4. The quantitative estimate of drug-likeness (QED) is 0.405. The molecule has 96 valence electrons. The van der Waals surface area contributed by atoms with E-state index in [1.54, 1.807) is 23.6 Å². The van der Waals surface area contributed by atoms with Crippen molar-refractivity contribution < 1.29 is 4.79 Å². The van der Waals surface area contributed by atoms with Gasteiger partial charge in [-0.05, 0) is 47.9 Å². The van der Waals surface area contributed by atoms with Gasteiger partial charge in [0.1, 0.15) is 0 Å². The van der Waals surface area contributed by atoms with Gasteiger partial charge in [-0.15, -0.1) is 0 Å². The molecule has 0 amide bonds. The van der Waals surface area contributed by atoms with Crippen LogP contribution >= 0.6 is 39.3 Å². The number of halogens is 2. The smallest absolute Gasteiger partial charge is 0.186 e. The van der Waals surface area contributed by atoms with Gasteiger partial charge in [0.05, 0.1) is 0 Å². The number of hydrogen-bond donors (Lipinski definition) is 0. The van der Waals surface area contributed by atoms with Crippen LogP contribution in [0.2, 0.25) is 5.02 Å². The molecule has 0 heterocycles. The molecule has 0 aliphatic carbocycles. The summed E-state index contributed by atoms with van der Waals surface area (Å²) >= 11 is 10.6. The standard InChI is InChI=1S/C15H10BrClOS/c16-12-3-1-2-11(10-12)15(18)8-9-19-14-6-4-13(17)5-7-14/h1-10H/b9-8-. The topological polar surface area (TPSA) is 17.1 Å². The van der Waals surface area contributed by atoms with Crippen LogP contribution in [0.5, 0.6) is 0 Å². The lowest BCUT2D eigenvalue weighted by molar-refractivity contribution is 0.104. The summed E-state index contributed by atoms with van der Waals surface area (Å²) in [5.74, 6) is -0.0113. The number of benzene rings is 2. The molecule has 1 nitrogen and oxygen atoms in total. The van der Waals surface area contributed by atoms with Gasteiger partial charge >= 0.3 is 0 Å². The van der Waals surface area contributed by atoms with Crippen LogP contribution < -0.4 is 0 Å². The molecular formula is C15H10BrClOS. The fourth-order valence-corrected chi connectivity index (χ4v) is 2.59. The fourth-order valence-electron chi connectivity index (χ4n) is 1.43. The van der Waals surface area contributed by atoms with E-state index in [1.807, 2.05) is 36.4 Å². The summed E-state index contributed by atoms with van der Waals surface area (Å²) in [6.07, 6.45) is 1.57. The lowest BCUT2D eigenvalue weighted by Gasteiger charge is -1.97. The largest absolute Gasteiger partial charge is 0.289 e. The second-order valence-electron chi connectivity index (χ2n) is 3.75. The zero-order chi connectivity index (χ0) is 13.7. The molecule has 0 atom stereocenters. The molecule has 0 aromatic heterocycles. The SMILES string of the molecule is O=C(/C=C\Sc1ccc(Cl)cc1)c1cccc(Br)c1. The molecule has 0 fully saturated rings. The van der Waals surface area contributed by atoms with Crippen molar-refractivity contribution >= 4 is 45.1 Å². The van der Waals surface area contributed by atoms with Crippen LogP contribution in [0.25, 0.3) is 0 Å². The van der Waals surface area contributed by atoms with Crippen molar-refractivity contribution in [3.63, 3.8) is 0 Å². The normalized spacial score (nSPS) is 10.8. The molecule has 2 rings (SSSR count). The summed E-state index contributed by atoms with van der Waals surface area (Å²) < 4.78 is 0.900. The Labute approximate surface area is 129 Å². The van der Waals surface area contributed by atoms with Crippen LogP contribution in [0.1, 0.15) is 10.4 Å². The Hall–Kier alpha value is -1.03. The average molecular weight is 354 g/mol. The maximum atomic E-state index is 11.9. The summed E-state index contributed by atoms with van der Waals surface area (Å²) in [5.41, 5.74) is 0.669. The molecule has 0 unspecified atom stereocenters. The summed E-state index contributed by atoms with van der Waals surface area (Å²) in [6, 6.07) is 14.8. The highest BCUT2D eigenvalue weighted by atomic mass is 79.9. The van der Waals surface area contributed by atoms with E-state index in [-0.39, 0.29) is 5.78 Å². The van der Waals surface area contributed by atoms with Gasteiger partial charge in [-0.1, -0.05) is 51.4 Å². The Balaban J connectivity index is 1.99. The summed E-state index contributed by atoms with van der Waals surface area (Å²) in [5, 5.41) is 2.49. The van der Waals surface area contributed by atoms with Gasteiger partial charge in [0.2, 0.25) is 0 Å². The van der Waals surface area contributed by atoms with E-state index in [9.17, 15) is 4.79 Å². The van der Waals surface area contributed by atoms with Crippen LogP contribution in [-0.4, -0.2) is 5.78 Å². The highest BCUT2D eigenvalue weighted by molar-refractivity contribution is 9.10. The van der Waals surface area contributed by atoms with E-state index >= 15 is 0 Å². The zero-order valence-electron chi connectivity index (χ0n) is 9.85. The summed E-state index contributed by atoms with van der Waals surface area (Å²) in [7, 11) is 0. The molecule has 0 radical (unpaired) electrons. The molecule has 0 spiro atoms. The third-order valence-electron chi connectivity index (χ3n) is 2.35. The Morgan fingerprint density at radius 2 is 1.89 bits per heavy atom. The molecule has 0 saturated carbocycles. The lowest BCUT2D eigenvalue weighted by Crippen LogP contribution is -1.92. The van der Waals surface area contributed by atoms with Gasteiger partial charge in [0, 0.05) is 20.0 Å². The third kappa shape index (κ3) is 4.53. The summed E-state index contributed by atoms with van der Waals surface area (Å²) in [4.78, 5) is 12.9. The number of rotatable bonds is 4. The third-order valence-corrected chi connectivity index (χ3v) is 3.91. The first-order chi connectivity index (χ1) is 9.15. The number of carbonyl (C=O) groups is 1. The maximum absolute atomic E-state index is 11.9. The van der Waals surface area contributed by atoms with Crippen molar-refractivity contribution in [1.29, 1.82) is 0 Å². The van der Waals surface area contributed by atoms with Gasteiger partial charge in [0.15, 0.2) is 5.78 Å². The Kier molecular flexibility index (Phi) is 5.25. The molecule has 0 bridgehead atoms. The Bertz CT molecular complexity index is 608. The number of carbonyl (C=O) groups excluding carboxylic acids is 1. The van der Waals surface area contributed by atoms with Crippen LogP contribution in [0.4, 0.5) is 0 Å². The first-order valence-corrected chi connectivity index (χ1v) is 7.59. The van der Waals surface area contributed by atoms with Gasteiger partial charge in [0.25, 0.3) is 0 Å². The second-order valence-corrected chi connectivity index (χ2v) is 6.08. The molecule has 0 aliphatic heterocycles. The van der Waals surface area contributed by atoms with Gasteiger partial charge < -0.3 is 0 Å². The second kappa shape index (κ2) is 6.94. The van der Waals surface area contributed by atoms with Gasteiger partial charge in [-0.2, -0.15) is 0 Å². The van der Waals surface area contributed by atoms with Crippen LogP contribution in [0.3, 0.4) is 0 Å². The minimum atomic E-state index is -0.0113. The predicted molar refractivity (Wildman–Crippen MR) is 84.9 cm³/mol. The highest BCUT2D eigenvalue weighted by Gasteiger charge is 2.01.